The third-order valence-corrected chi connectivity index (χ3v) is 2.35. The Balaban J connectivity index is 2.91. The van der Waals surface area contributed by atoms with Gasteiger partial charge >= 0.3 is 0 Å². The predicted molar refractivity (Wildman–Crippen MR) is 59.6 cm³/mol. The second-order valence-corrected chi connectivity index (χ2v) is 3.69. The minimum absolute atomic E-state index is 0.541. The summed E-state index contributed by atoms with van der Waals surface area (Å²) in [6.45, 7) is 7.38. The maximum absolute atomic E-state index is 5.39. The average Bonchev–Trinajstić information content (AvgIpc) is 2.16. The summed E-state index contributed by atoms with van der Waals surface area (Å²) < 4.78 is 10.7. The molecule has 0 spiro atoms. The van der Waals surface area contributed by atoms with Crippen LogP contribution >= 0.6 is 12.6 Å². The second kappa shape index (κ2) is 10.4. The minimum atomic E-state index is 0.541. The summed E-state index contributed by atoms with van der Waals surface area (Å²) in [5.41, 5.74) is 0. The van der Waals surface area contributed by atoms with Gasteiger partial charge in [-0.05, 0) is 18.1 Å². The van der Waals surface area contributed by atoms with Crippen molar-refractivity contribution in [2.45, 2.75) is 26.7 Å². The van der Waals surface area contributed by atoms with E-state index >= 15 is 0 Å². The van der Waals surface area contributed by atoms with Crippen molar-refractivity contribution < 1.29 is 9.47 Å². The summed E-state index contributed by atoms with van der Waals surface area (Å²) in [5.74, 6) is 1.43. The number of hydrogen-bond acceptors (Lipinski definition) is 3. The van der Waals surface area contributed by atoms with Crippen molar-refractivity contribution in [2.24, 2.45) is 5.92 Å². The molecule has 0 aromatic rings. The van der Waals surface area contributed by atoms with Crippen molar-refractivity contribution in [1.82, 2.24) is 0 Å². The summed E-state index contributed by atoms with van der Waals surface area (Å²) in [6.07, 6.45) is 2.34. The Bertz CT molecular complexity index is 98.9. The van der Waals surface area contributed by atoms with E-state index in [9.17, 15) is 0 Å². The molecule has 0 saturated carbocycles. The molecule has 0 saturated heterocycles. The van der Waals surface area contributed by atoms with Crippen molar-refractivity contribution in [3.63, 3.8) is 0 Å². The molecule has 0 bridgehead atoms. The molecule has 0 aromatic heterocycles. The quantitative estimate of drug-likeness (QED) is 0.461. The zero-order valence-corrected chi connectivity index (χ0v) is 9.69. The highest BCUT2D eigenvalue weighted by molar-refractivity contribution is 7.80. The first kappa shape index (κ1) is 13.3. The molecular formula is C10H22O2S. The van der Waals surface area contributed by atoms with E-state index in [-0.39, 0.29) is 0 Å². The van der Waals surface area contributed by atoms with Crippen LogP contribution in [0.4, 0.5) is 0 Å². The Morgan fingerprint density at radius 2 is 1.85 bits per heavy atom. The first-order valence-electron chi connectivity index (χ1n) is 5.07. The molecule has 0 aliphatic rings. The number of hydrogen-bond donors (Lipinski definition) is 1. The van der Waals surface area contributed by atoms with Crippen molar-refractivity contribution in [2.75, 3.05) is 32.2 Å². The third kappa shape index (κ3) is 10.2. The Kier molecular flexibility index (Phi) is 10.6. The molecule has 0 radical (unpaired) electrons. The molecule has 0 aliphatic heterocycles. The van der Waals surface area contributed by atoms with Crippen molar-refractivity contribution in [3.8, 4) is 0 Å². The monoisotopic (exact) mass is 206 g/mol. The van der Waals surface area contributed by atoms with Crippen LogP contribution in [0, 0.1) is 5.92 Å². The Morgan fingerprint density at radius 3 is 2.46 bits per heavy atom. The fourth-order valence-electron chi connectivity index (χ4n) is 0.804. The lowest BCUT2D eigenvalue weighted by molar-refractivity contribution is 0.0375. The number of thiol groups is 1. The molecule has 13 heavy (non-hydrogen) atoms. The zero-order chi connectivity index (χ0) is 9.94. The van der Waals surface area contributed by atoms with E-state index in [2.05, 4.69) is 26.5 Å². The fourth-order valence-corrected chi connectivity index (χ4v) is 0.909. The summed E-state index contributed by atoms with van der Waals surface area (Å²) in [7, 11) is 0. The highest BCUT2D eigenvalue weighted by Crippen LogP contribution is 1.97. The van der Waals surface area contributed by atoms with Crippen LogP contribution in [0.15, 0.2) is 0 Å². The molecule has 1 unspecified atom stereocenters. The molecule has 0 amide bonds. The molecule has 0 heterocycles. The van der Waals surface area contributed by atoms with Gasteiger partial charge in [-0.3, -0.25) is 0 Å². The maximum atomic E-state index is 5.39. The van der Waals surface area contributed by atoms with E-state index in [0.717, 1.165) is 32.0 Å². The number of ether oxygens (including phenoxy) is 2. The average molecular weight is 206 g/mol. The van der Waals surface area contributed by atoms with Gasteiger partial charge in [-0.1, -0.05) is 20.3 Å². The van der Waals surface area contributed by atoms with E-state index in [0.29, 0.717) is 12.5 Å². The summed E-state index contributed by atoms with van der Waals surface area (Å²) in [5, 5.41) is 0. The first-order chi connectivity index (χ1) is 6.31. The van der Waals surface area contributed by atoms with Gasteiger partial charge in [0.05, 0.1) is 19.8 Å². The van der Waals surface area contributed by atoms with Gasteiger partial charge in [0, 0.05) is 6.61 Å². The van der Waals surface area contributed by atoms with Crippen molar-refractivity contribution in [1.29, 1.82) is 0 Å². The lowest BCUT2D eigenvalue weighted by atomic mass is 10.2. The zero-order valence-electron chi connectivity index (χ0n) is 8.79. The molecule has 80 valence electrons. The van der Waals surface area contributed by atoms with Crippen LogP contribution in [0.1, 0.15) is 26.7 Å². The fraction of sp³-hybridized carbons (Fsp3) is 1.00. The molecule has 0 aliphatic carbocycles. The molecule has 1 atom stereocenters. The van der Waals surface area contributed by atoms with E-state index < -0.39 is 0 Å². The molecule has 0 N–H and O–H groups in total. The highest BCUT2D eigenvalue weighted by atomic mass is 32.1. The van der Waals surface area contributed by atoms with Gasteiger partial charge in [0.15, 0.2) is 0 Å². The molecule has 0 fully saturated rings. The van der Waals surface area contributed by atoms with Gasteiger partial charge in [0.1, 0.15) is 0 Å². The standard InChI is InChI=1S/C10H22O2S/c1-3-4-5-11-6-7-12-8-10(2)9-13/h10,13H,3-9H2,1-2H3. The highest BCUT2D eigenvalue weighted by Gasteiger charge is 1.97. The molecule has 0 rings (SSSR count). The van der Waals surface area contributed by atoms with Crippen LogP contribution < -0.4 is 0 Å². The van der Waals surface area contributed by atoms with Gasteiger partial charge in [-0.25, -0.2) is 0 Å². The topological polar surface area (TPSA) is 18.5 Å². The smallest absolute Gasteiger partial charge is 0.0700 e. The van der Waals surface area contributed by atoms with E-state index in [4.69, 9.17) is 9.47 Å². The van der Waals surface area contributed by atoms with Gasteiger partial charge in [-0.2, -0.15) is 12.6 Å². The molecule has 3 heteroatoms. The van der Waals surface area contributed by atoms with Gasteiger partial charge in [0.25, 0.3) is 0 Å². The Hall–Kier alpha value is 0.270. The Morgan fingerprint density at radius 1 is 1.15 bits per heavy atom. The normalized spacial score (nSPS) is 13.2. The van der Waals surface area contributed by atoms with Crippen LogP contribution in [0.2, 0.25) is 0 Å². The number of unbranched alkanes of at least 4 members (excludes halogenated alkanes) is 1. The van der Waals surface area contributed by atoms with E-state index in [1.165, 1.54) is 6.42 Å². The maximum Gasteiger partial charge on any atom is 0.0700 e. The molecule has 2 nitrogen and oxygen atoms in total. The van der Waals surface area contributed by atoms with Crippen molar-refractivity contribution >= 4 is 12.6 Å². The third-order valence-electron chi connectivity index (χ3n) is 1.73. The summed E-state index contributed by atoms with van der Waals surface area (Å²) in [6, 6.07) is 0. The minimum Gasteiger partial charge on any atom is -0.379 e. The number of rotatable bonds is 9. The largest absolute Gasteiger partial charge is 0.379 e. The van der Waals surface area contributed by atoms with Crippen LogP contribution in [-0.2, 0) is 9.47 Å². The SMILES string of the molecule is CCCCOCCOCC(C)CS. The molecule has 0 aromatic carbocycles. The van der Waals surface area contributed by atoms with Gasteiger partial charge in [-0.15, -0.1) is 0 Å². The van der Waals surface area contributed by atoms with Crippen LogP contribution in [0.5, 0.6) is 0 Å². The van der Waals surface area contributed by atoms with Crippen LogP contribution in [-0.4, -0.2) is 32.2 Å². The Labute approximate surface area is 87.4 Å². The van der Waals surface area contributed by atoms with E-state index in [1.54, 1.807) is 0 Å². The van der Waals surface area contributed by atoms with E-state index in [1.807, 2.05) is 0 Å². The summed E-state index contributed by atoms with van der Waals surface area (Å²) in [4.78, 5) is 0. The van der Waals surface area contributed by atoms with Crippen LogP contribution in [0.25, 0.3) is 0 Å². The lowest BCUT2D eigenvalue weighted by Gasteiger charge is -2.09. The van der Waals surface area contributed by atoms with Crippen molar-refractivity contribution in [3.05, 3.63) is 0 Å². The first-order valence-corrected chi connectivity index (χ1v) is 5.70. The lowest BCUT2D eigenvalue weighted by Crippen LogP contribution is -2.11. The second-order valence-electron chi connectivity index (χ2n) is 3.33. The molecular weight excluding hydrogens is 184 g/mol. The summed E-state index contributed by atoms with van der Waals surface area (Å²) >= 11 is 4.18. The van der Waals surface area contributed by atoms with Crippen LogP contribution in [0.3, 0.4) is 0 Å². The van der Waals surface area contributed by atoms with Gasteiger partial charge < -0.3 is 9.47 Å². The van der Waals surface area contributed by atoms with Gasteiger partial charge in [0.2, 0.25) is 0 Å². The predicted octanol–water partition coefficient (Wildman–Crippen LogP) is 2.39.